The van der Waals surface area contributed by atoms with Crippen molar-refractivity contribution >= 4 is 46.3 Å². The first kappa shape index (κ1) is 17.4. The molecule has 1 amide bonds. The van der Waals surface area contributed by atoms with Gasteiger partial charge in [0.05, 0.1) is 15.6 Å². The number of nitrogens with zero attached hydrogens (tertiary/aromatic N) is 3. The van der Waals surface area contributed by atoms with Gasteiger partial charge in [0.2, 0.25) is 5.91 Å². The molecule has 25 heavy (non-hydrogen) atoms. The van der Waals surface area contributed by atoms with Crippen molar-refractivity contribution in [1.29, 1.82) is 0 Å². The summed E-state index contributed by atoms with van der Waals surface area (Å²) in [6, 6.07) is 7.35. The van der Waals surface area contributed by atoms with E-state index in [1.807, 2.05) is 4.90 Å². The number of pyridine rings is 1. The Morgan fingerprint density at radius 2 is 2.12 bits per heavy atom. The molecule has 1 unspecified atom stereocenters. The molecule has 1 fully saturated rings. The van der Waals surface area contributed by atoms with Gasteiger partial charge in [-0.05, 0) is 37.1 Å². The number of amides is 1. The Morgan fingerprint density at radius 1 is 1.32 bits per heavy atom. The standard InChI is InChI=1S/C16H14Cl2N4O3/c17-10-3-5-12(18)13(8-10)20-16(23)14-2-1-7-21(14)15-6-4-11(9-19-15)22(24)25/h3-6,8-9,14H,1-2,7H2,(H,20,23). The van der Waals surface area contributed by atoms with E-state index in [4.69, 9.17) is 23.2 Å². The van der Waals surface area contributed by atoms with Gasteiger partial charge in [-0.25, -0.2) is 4.98 Å². The van der Waals surface area contributed by atoms with E-state index in [0.717, 1.165) is 6.42 Å². The Morgan fingerprint density at radius 3 is 2.80 bits per heavy atom. The monoisotopic (exact) mass is 380 g/mol. The Hall–Kier alpha value is -2.38. The zero-order valence-corrected chi connectivity index (χ0v) is 14.5. The third kappa shape index (κ3) is 3.83. The predicted molar refractivity (Wildman–Crippen MR) is 96.4 cm³/mol. The van der Waals surface area contributed by atoms with Crippen molar-refractivity contribution in [1.82, 2.24) is 4.98 Å². The maximum absolute atomic E-state index is 12.6. The molecule has 130 valence electrons. The zero-order chi connectivity index (χ0) is 18.0. The van der Waals surface area contributed by atoms with Crippen LogP contribution in [0.2, 0.25) is 10.0 Å². The van der Waals surface area contributed by atoms with Crippen LogP contribution < -0.4 is 10.2 Å². The number of hydrogen-bond donors (Lipinski definition) is 1. The summed E-state index contributed by atoms with van der Waals surface area (Å²) in [6.45, 7) is 0.645. The summed E-state index contributed by atoms with van der Waals surface area (Å²) in [5, 5.41) is 14.4. The molecule has 2 aromatic rings. The number of carbonyl (C=O) groups is 1. The number of hydrogen-bond acceptors (Lipinski definition) is 5. The first-order valence-electron chi connectivity index (χ1n) is 7.58. The number of nitro groups is 1. The van der Waals surface area contributed by atoms with E-state index in [-0.39, 0.29) is 11.6 Å². The normalized spacial score (nSPS) is 16.7. The molecule has 1 N–H and O–H groups in total. The third-order valence-corrected chi connectivity index (χ3v) is 4.54. The molecule has 0 radical (unpaired) electrons. The van der Waals surface area contributed by atoms with Crippen LogP contribution in [-0.4, -0.2) is 28.4 Å². The summed E-state index contributed by atoms with van der Waals surface area (Å²) in [7, 11) is 0. The van der Waals surface area contributed by atoms with E-state index < -0.39 is 11.0 Å². The van der Waals surface area contributed by atoms with Crippen LogP contribution in [0.4, 0.5) is 17.2 Å². The van der Waals surface area contributed by atoms with Gasteiger partial charge < -0.3 is 10.2 Å². The summed E-state index contributed by atoms with van der Waals surface area (Å²) in [4.78, 5) is 28.8. The predicted octanol–water partition coefficient (Wildman–Crippen LogP) is 3.90. The maximum Gasteiger partial charge on any atom is 0.287 e. The molecule has 0 aliphatic carbocycles. The molecule has 0 saturated carbocycles. The van der Waals surface area contributed by atoms with Gasteiger partial charge in [0, 0.05) is 17.6 Å². The summed E-state index contributed by atoms with van der Waals surface area (Å²) in [5.74, 6) is 0.308. The van der Waals surface area contributed by atoms with Crippen LogP contribution in [0, 0.1) is 10.1 Å². The second-order valence-corrected chi connectivity index (χ2v) is 6.44. The molecule has 3 rings (SSSR count). The maximum atomic E-state index is 12.6. The number of anilines is 2. The molecule has 2 heterocycles. The first-order chi connectivity index (χ1) is 12.0. The lowest BCUT2D eigenvalue weighted by atomic mass is 10.2. The highest BCUT2D eigenvalue weighted by Crippen LogP contribution is 2.29. The molecule has 1 aliphatic rings. The molecular weight excluding hydrogens is 367 g/mol. The van der Waals surface area contributed by atoms with Gasteiger partial charge in [-0.2, -0.15) is 0 Å². The smallest absolute Gasteiger partial charge is 0.287 e. The van der Waals surface area contributed by atoms with Crippen LogP contribution in [0.25, 0.3) is 0 Å². The molecule has 0 spiro atoms. The number of carbonyl (C=O) groups excluding carboxylic acids is 1. The van der Waals surface area contributed by atoms with Crippen LogP contribution in [-0.2, 0) is 4.79 Å². The van der Waals surface area contributed by atoms with Crippen molar-refractivity contribution in [3.05, 3.63) is 56.7 Å². The van der Waals surface area contributed by atoms with E-state index >= 15 is 0 Å². The molecule has 1 aliphatic heterocycles. The van der Waals surface area contributed by atoms with Crippen molar-refractivity contribution < 1.29 is 9.72 Å². The van der Waals surface area contributed by atoms with Gasteiger partial charge >= 0.3 is 0 Å². The molecule has 1 atom stereocenters. The average Bonchev–Trinajstić information content (AvgIpc) is 3.08. The highest BCUT2D eigenvalue weighted by atomic mass is 35.5. The quantitative estimate of drug-likeness (QED) is 0.641. The highest BCUT2D eigenvalue weighted by Gasteiger charge is 2.32. The lowest BCUT2D eigenvalue weighted by molar-refractivity contribution is -0.385. The van der Waals surface area contributed by atoms with Crippen molar-refractivity contribution in [3.63, 3.8) is 0 Å². The number of rotatable bonds is 4. The van der Waals surface area contributed by atoms with E-state index in [0.29, 0.717) is 34.5 Å². The van der Waals surface area contributed by atoms with Crippen LogP contribution in [0.1, 0.15) is 12.8 Å². The fraction of sp³-hybridized carbons (Fsp3) is 0.250. The molecule has 7 nitrogen and oxygen atoms in total. The second kappa shape index (κ2) is 7.25. The first-order valence-corrected chi connectivity index (χ1v) is 8.34. The molecule has 9 heteroatoms. The molecule has 1 aromatic carbocycles. The minimum atomic E-state index is -0.508. The number of aromatic nitrogens is 1. The van der Waals surface area contributed by atoms with Crippen molar-refractivity contribution in [3.8, 4) is 0 Å². The third-order valence-electron chi connectivity index (χ3n) is 3.98. The largest absolute Gasteiger partial charge is 0.345 e. The van der Waals surface area contributed by atoms with Gasteiger partial charge in [-0.1, -0.05) is 23.2 Å². The zero-order valence-electron chi connectivity index (χ0n) is 13.0. The van der Waals surface area contributed by atoms with Gasteiger partial charge in [-0.3, -0.25) is 14.9 Å². The Bertz CT molecular complexity index is 814. The summed E-state index contributed by atoms with van der Waals surface area (Å²) < 4.78 is 0. The van der Waals surface area contributed by atoms with E-state index in [1.165, 1.54) is 12.3 Å². The average molecular weight is 381 g/mol. The highest BCUT2D eigenvalue weighted by molar-refractivity contribution is 6.35. The number of benzene rings is 1. The van der Waals surface area contributed by atoms with Crippen LogP contribution in [0.5, 0.6) is 0 Å². The lowest BCUT2D eigenvalue weighted by Crippen LogP contribution is -2.40. The Balaban J connectivity index is 1.77. The van der Waals surface area contributed by atoms with E-state index in [1.54, 1.807) is 24.3 Å². The Kier molecular flexibility index (Phi) is 5.06. The lowest BCUT2D eigenvalue weighted by Gasteiger charge is -2.25. The second-order valence-electron chi connectivity index (χ2n) is 5.60. The summed E-state index contributed by atoms with van der Waals surface area (Å²) in [5.41, 5.74) is 0.359. The van der Waals surface area contributed by atoms with Gasteiger partial charge in [0.1, 0.15) is 18.1 Å². The minimum Gasteiger partial charge on any atom is -0.345 e. The van der Waals surface area contributed by atoms with Crippen LogP contribution in [0.15, 0.2) is 36.5 Å². The summed E-state index contributed by atoms with van der Waals surface area (Å²) in [6.07, 6.45) is 2.67. The Labute approximate surface area is 153 Å². The van der Waals surface area contributed by atoms with E-state index in [2.05, 4.69) is 10.3 Å². The van der Waals surface area contributed by atoms with Crippen molar-refractivity contribution in [2.24, 2.45) is 0 Å². The number of nitrogens with one attached hydrogen (secondary N) is 1. The van der Waals surface area contributed by atoms with Gasteiger partial charge in [0.15, 0.2) is 0 Å². The minimum absolute atomic E-state index is 0.0883. The fourth-order valence-electron chi connectivity index (χ4n) is 2.78. The molecule has 1 aromatic heterocycles. The van der Waals surface area contributed by atoms with Gasteiger partial charge in [-0.15, -0.1) is 0 Å². The summed E-state index contributed by atoms with van der Waals surface area (Å²) >= 11 is 12.0. The number of halogens is 2. The molecular formula is C16H14Cl2N4O3. The SMILES string of the molecule is O=C(Nc1cc(Cl)ccc1Cl)C1CCCN1c1ccc([N+](=O)[O-])cn1. The van der Waals surface area contributed by atoms with Crippen LogP contribution in [0.3, 0.4) is 0 Å². The van der Waals surface area contributed by atoms with Gasteiger partial charge in [0.25, 0.3) is 5.69 Å². The van der Waals surface area contributed by atoms with Crippen LogP contribution >= 0.6 is 23.2 Å². The molecule has 1 saturated heterocycles. The van der Waals surface area contributed by atoms with E-state index in [9.17, 15) is 14.9 Å². The topological polar surface area (TPSA) is 88.4 Å². The van der Waals surface area contributed by atoms with Crippen molar-refractivity contribution in [2.75, 3.05) is 16.8 Å². The fourth-order valence-corrected chi connectivity index (χ4v) is 3.12. The molecule has 0 bridgehead atoms. The van der Waals surface area contributed by atoms with Crippen molar-refractivity contribution in [2.45, 2.75) is 18.9 Å².